The topological polar surface area (TPSA) is 43.1 Å². The molecule has 0 aliphatic heterocycles. The summed E-state index contributed by atoms with van der Waals surface area (Å²) in [4.78, 5) is 10.3. The summed E-state index contributed by atoms with van der Waals surface area (Å²) in [6.45, 7) is 0. The number of hydrogen-bond acceptors (Lipinski definition) is 1. The third kappa shape index (κ3) is 3.65. The first kappa shape index (κ1) is 12.1. The van der Waals surface area contributed by atoms with Crippen LogP contribution >= 0.6 is 0 Å². The fraction of sp³-hybridized carbons (Fsp3) is 0.182. The summed E-state index contributed by atoms with van der Waals surface area (Å²) >= 11 is 0. The largest absolute Gasteiger partial charge is 0.416 e. The van der Waals surface area contributed by atoms with E-state index in [1.54, 1.807) is 0 Å². The van der Waals surface area contributed by atoms with E-state index < -0.39 is 17.6 Å². The number of hydrogen-bond donors (Lipinski definition) is 1. The Kier molecular flexibility index (Phi) is 3.56. The molecule has 1 aromatic carbocycles. The van der Waals surface area contributed by atoms with Crippen molar-refractivity contribution in [2.24, 2.45) is 5.73 Å². The van der Waals surface area contributed by atoms with E-state index in [0.717, 1.165) is 12.1 Å². The van der Waals surface area contributed by atoms with Gasteiger partial charge in [-0.3, -0.25) is 4.79 Å². The molecular weight excluding hydrogens is 219 g/mol. The van der Waals surface area contributed by atoms with Crippen LogP contribution in [0.15, 0.2) is 24.3 Å². The highest BCUT2D eigenvalue weighted by molar-refractivity contribution is 5.76. The van der Waals surface area contributed by atoms with Crippen LogP contribution in [-0.2, 0) is 11.0 Å². The Morgan fingerprint density at radius 2 is 1.81 bits per heavy atom. The molecule has 16 heavy (non-hydrogen) atoms. The van der Waals surface area contributed by atoms with Gasteiger partial charge in [-0.25, -0.2) is 0 Å². The van der Waals surface area contributed by atoms with Crippen LogP contribution < -0.4 is 5.73 Å². The fourth-order valence-electron chi connectivity index (χ4n) is 0.976. The van der Waals surface area contributed by atoms with Gasteiger partial charge in [0.2, 0.25) is 5.91 Å². The van der Waals surface area contributed by atoms with Crippen LogP contribution in [0.2, 0.25) is 0 Å². The molecule has 0 atom stereocenters. The molecule has 0 fully saturated rings. The molecule has 0 aromatic heterocycles. The Bertz CT molecular complexity index is 437. The number of amides is 1. The Morgan fingerprint density at radius 1 is 1.25 bits per heavy atom. The van der Waals surface area contributed by atoms with Gasteiger partial charge in [0.15, 0.2) is 0 Å². The maximum atomic E-state index is 12.2. The summed E-state index contributed by atoms with van der Waals surface area (Å²) in [6.07, 6.45) is -4.46. The minimum atomic E-state index is -4.35. The standard InChI is InChI=1S/C11H8F3NO/c12-11(13,14)9-6-4-8(5-7-9)2-1-3-10(15)16/h4-7H,3H2,(H2,15,16). The van der Waals surface area contributed by atoms with Crippen LogP contribution in [0.25, 0.3) is 0 Å². The van der Waals surface area contributed by atoms with Crippen molar-refractivity contribution in [3.05, 3.63) is 35.4 Å². The predicted octanol–water partition coefficient (Wildman–Crippen LogP) is 1.93. The van der Waals surface area contributed by atoms with Gasteiger partial charge in [-0.05, 0) is 24.3 Å². The van der Waals surface area contributed by atoms with Crippen molar-refractivity contribution < 1.29 is 18.0 Å². The van der Waals surface area contributed by atoms with Crippen LogP contribution in [0.4, 0.5) is 13.2 Å². The summed E-state index contributed by atoms with van der Waals surface area (Å²) in [7, 11) is 0. The van der Waals surface area contributed by atoms with Crippen LogP contribution in [0, 0.1) is 11.8 Å². The predicted molar refractivity (Wildman–Crippen MR) is 52.1 cm³/mol. The van der Waals surface area contributed by atoms with Crippen molar-refractivity contribution in [1.29, 1.82) is 0 Å². The van der Waals surface area contributed by atoms with E-state index in [-0.39, 0.29) is 6.42 Å². The van der Waals surface area contributed by atoms with E-state index in [1.807, 2.05) is 0 Å². The number of rotatable bonds is 1. The lowest BCUT2D eigenvalue weighted by Gasteiger charge is -2.05. The molecule has 0 bridgehead atoms. The van der Waals surface area contributed by atoms with E-state index in [1.165, 1.54) is 12.1 Å². The molecular formula is C11H8F3NO. The molecule has 5 heteroatoms. The molecule has 84 valence electrons. The molecule has 0 radical (unpaired) electrons. The zero-order valence-electron chi connectivity index (χ0n) is 8.14. The average molecular weight is 227 g/mol. The second-order valence-corrected chi connectivity index (χ2v) is 3.02. The second kappa shape index (κ2) is 4.71. The maximum absolute atomic E-state index is 12.2. The Balaban J connectivity index is 2.78. The highest BCUT2D eigenvalue weighted by Gasteiger charge is 2.29. The molecule has 1 rings (SSSR count). The highest BCUT2D eigenvalue weighted by Crippen LogP contribution is 2.28. The lowest BCUT2D eigenvalue weighted by atomic mass is 10.1. The summed E-state index contributed by atoms with van der Waals surface area (Å²) in [5, 5.41) is 0. The van der Waals surface area contributed by atoms with Crippen LogP contribution in [0.1, 0.15) is 17.5 Å². The van der Waals surface area contributed by atoms with Gasteiger partial charge < -0.3 is 5.73 Å². The van der Waals surface area contributed by atoms with Crippen molar-refractivity contribution in [3.8, 4) is 11.8 Å². The molecule has 0 saturated carbocycles. The number of carbonyl (C=O) groups is 1. The van der Waals surface area contributed by atoms with Gasteiger partial charge in [0.1, 0.15) is 0 Å². The zero-order valence-corrected chi connectivity index (χ0v) is 8.14. The Hall–Kier alpha value is -1.96. The third-order valence-corrected chi connectivity index (χ3v) is 1.71. The molecule has 0 heterocycles. The molecule has 0 spiro atoms. The number of nitrogens with two attached hydrogens (primary N) is 1. The molecule has 1 aromatic rings. The van der Waals surface area contributed by atoms with E-state index in [0.29, 0.717) is 5.56 Å². The highest BCUT2D eigenvalue weighted by atomic mass is 19.4. The number of benzene rings is 1. The average Bonchev–Trinajstić information content (AvgIpc) is 2.16. The Labute approximate surface area is 90.3 Å². The van der Waals surface area contributed by atoms with Crippen molar-refractivity contribution in [2.75, 3.05) is 0 Å². The molecule has 0 unspecified atom stereocenters. The van der Waals surface area contributed by atoms with Gasteiger partial charge >= 0.3 is 6.18 Å². The third-order valence-electron chi connectivity index (χ3n) is 1.71. The fourth-order valence-corrected chi connectivity index (χ4v) is 0.976. The number of primary amides is 1. The lowest BCUT2D eigenvalue weighted by Crippen LogP contribution is -2.08. The van der Waals surface area contributed by atoms with Crippen molar-refractivity contribution >= 4 is 5.91 Å². The number of alkyl halides is 3. The van der Waals surface area contributed by atoms with Crippen LogP contribution in [-0.4, -0.2) is 5.91 Å². The van der Waals surface area contributed by atoms with Gasteiger partial charge in [0, 0.05) is 5.56 Å². The van der Waals surface area contributed by atoms with Gasteiger partial charge in [-0.2, -0.15) is 13.2 Å². The smallest absolute Gasteiger partial charge is 0.369 e. The second-order valence-electron chi connectivity index (χ2n) is 3.02. The quantitative estimate of drug-likeness (QED) is 0.732. The monoisotopic (exact) mass is 227 g/mol. The van der Waals surface area contributed by atoms with Crippen LogP contribution in [0.5, 0.6) is 0 Å². The molecule has 0 saturated heterocycles. The minimum absolute atomic E-state index is 0.110. The Morgan fingerprint density at radius 3 is 2.25 bits per heavy atom. The van der Waals surface area contributed by atoms with Gasteiger partial charge in [-0.1, -0.05) is 11.8 Å². The van der Waals surface area contributed by atoms with Crippen LogP contribution in [0.3, 0.4) is 0 Å². The van der Waals surface area contributed by atoms with E-state index in [9.17, 15) is 18.0 Å². The molecule has 1 amide bonds. The SMILES string of the molecule is NC(=O)CC#Cc1ccc(C(F)(F)F)cc1. The molecule has 0 aliphatic carbocycles. The summed E-state index contributed by atoms with van der Waals surface area (Å²) < 4.78 is 36.5. The molecule has 2 nitrogen and oxygen atoms in total. The summed E-state index contributed by atoms with van der Waals surface area (Å²) in [5.74, 6) is 4.42. The summed E-state index contributed by atoms with van der Waals surface area (Å²) in [5.41, 5.74) is 4.53. The number of halogens is 3. The van der Waals surface area contributed by atoms with Gasteiger partial charge in [0.05, 0.1) is 12.0 Å². The number of carbonyl (C=O) groups excluding carboxylic acids is 1. The maximum Gasteiger partial charge on any atom is 0.416 e. The van der Waals surface area contributed by atoms with Crippen molar-refractivity contribution in [3.63, 3.8) is 0 Å². The first-order valence-corrected chi connectivity index (χ1v) is 4.34. The van der Waals surface area contributed by atoms with Crippen molar-refractivity contribution in [1.82, 2.24) is 0 Å². The summed E-state index contributed by atoms with van der Waals surface area (Å²) in [6, 6.07) is 4.37. The normalized spacial score (nSPS) is 10.4. The first-order valence-electron chi connectivity index (χ1n) is 4.34. The minimum Gasteiger partial charge on any atom is -0.369 e. The zero-order chi connectivity index (χ0) is 12.2. The van der Waals surface area contributed by atoms with E-state index in [4.69, 9.17) is 5.73 Å². The molecule has 0 aliphatic rings. The van der Waals surface area contributed by atoms with Gasteiger partial charge in [-0.15, -0.1) is 0 Å². The van der Waals surface area contributed by atoms with Gasteiger partial charge in [0.25, 0.3) is 0 Å². The first-order chi connectivity index (χ1) is 7.39. The van der Waals surface area contributed by atoms with E-state index in [2.05, 4.69) is 11.8 Å². The molecule has 2 N–H and O–H groups in total. The lowest BCUT2D eigenvalue weighted by molar-refractivity contribution is -0.137. The van der Waals surface area contributed by atoms with Crippen molar-refractivity contribution in [2.45, 2.75) is 12.6 Å². The van der Waals surface area contributed by atoms with E-state index >= 15 is 0 Å².